The molecule has 1 heterocycles. The third-order valence-electron chi connectivity index (χ3n) is 3.99. The summed E-state index contributed by atoms with van der Waals surface area (Å²) >= 11 is 1.93. The van der Waals surface area contributed by atoms with Gasteiger partial charge in [0.15, 0.2) is 0 Å². The predicted octanol–water partition coefficient (Wildman–Crippen LogP) is 6.30. The van der Waals surface area contributed by atoms with Crippen LogP contribution in [0.15, 0.2) is 66.3 Å². The molecule has 0 bridgehead atoms. The van der Waals surface area contributed by atoms with Crippen molar-refractivity contribution < 1.29 is 4.79 Å². The van der Waals surface area contributed by atoms with E-state index in [-0.39, 0.29) is 10.5 Å². The van der Waals surface area contributed by atoms with Crippen molar-refractivity contribution in [1.82, 2.24) is 0 Å². The summed E-state index contributed by atoms with van der Waals surface area (Å²) in [7, 11) is 0. The molecule has 2 aliphatic rings. The highest BCUT2D eigenvalue weighted by Crippen LogP contribution is 2.44. The number of rotatable bonds is 2. The first-order valence-corrected chi connectivity index (χ1v) is 9.87. The largest absolute Gasteiger partial charge is 0.300 e. The van der Waals surface area contributed by atoms with Gasteiger partial charge in [-0.1, -0.05) is 87.9 Å². The Balaban J connectivity index is 0.000000647. The Kier molecular flexibility index (Phi) is 7.58. The zero-order chi connectivity index (χ0) is 17.4. The monoisotopic (exact) mass is 340 g/mol. The fraction of sp³-hybridized carbons (Fsp3) is 0.409. The van der Waals surface area contributed by atoms with Crippen LogP contribution in [0.25, 0.3) is 0 Å². The van der Waals surface area contributed by atoms with Crippen LogP contribution >= 0.6 is 11.8 Å². The lowest BCUT2D eigenvalue weighted by Crippen LogP contribution is -2.21. The fourth-order valence-corrected chi connectivity index (χ4v) is 4.38. The third kappa shape index (κ3) is 5.52. The number of hydrogen-bond donors (Lipinski definition) is 0. The van der Waals surface area contributed by atoms with E-state index in [4.69, 9.17) is 0 Å². The Morgan fingerprint density at radius 3 is 2.42 bits per heavy atom. The molecule has 0 N–H and O–H groups in total. The van der Waals surface area contributed by atoms with Gasteiger partial charge < -0.3 is 0 Å². The molecule has 128 valence electrons. The van der Waals surface area contributed by atoms with Gasteiger partial charge >= 0.3 is 0 Å². The van der Waals surface area contributed by atoms with E-state index in [9.17, 15) is 4.79 Å². The number of hydrogen-bond acceptors (Lipinski definition) is 2. The average molecular weight is 341 g/mol. The van der Waals surface area contributed by atoms with Crippen molar-refractivity contribution >= 4 is 17.5 Å². The van der Waals surface area contributed by atoms with E-state index in [1.165, 1.54) is 17.6 Å². The Hall–Kier alpha value is -1.54. The second-order valence-electron chi connectivity index (χ2n) is 6.45. The summed E-state index contributed by atoms with van der Waals surface area (Å²) in [5.74, 6) is 0.844. The van der Waals surface area contributed by atoms with E-state index in [0.29, 0.717) is 24.5 Å². The summed E-state index contributed by atoms with van der Waals surface area (Å²) in [4.78, 5) is 12.2. The highest BCUT2D eigenvalue weighted by Gasteiger charge is 2.30. The van der Waals surface area contributed by atoms with Crippen LogP contribution in [0.5, 0.6) is 0 Å². The number of ketones is 1. The van der Waals surface area contributed by atoms with Gasteiger partial charge in [-0.25, -0.2) is 0 Å². The van der Waals surface area contributed by atoms with Crippen LogP contribution in [0.1, 0.15) is 50.8 Å². The molecule has 3 rings (SSSR count). The number of thioether (sulfide) groups is 1. The molecule has 0 radical (unpaired) electrons. The molecule has 0 amide bonds. The molecular formula is C22H28OS. The van der Waals surface area contributed by atoms with Crippen LogP contribution in [0.2, 0.25) is 0 Å². The van der Waals surface area contributed by atoms with Crippen molar-refractivity contribution in [3.05, 3.63) is 71.8 Å². The smallest absolute Gasteiger partial charge is 0.135 e. The summed E-state index contributed by atoms with van der Waals surface area (Å²) in [6.07, 6.45) is 13.5. The quantitative estimate of drug-likeness (QED) is 0.628. The highest BCUT2D eigenvalue weighted by molar-refractivity contribution is 8.00. The van der Waals surface area contributed by atoms with E-state index in [1.807, 2.05) is 17.8 Å². The van der Waals surface area contributed by atoms with Gasteiger partial charge in [0.1, 0.15) is 5.78 Å². The molecule has 3 unspecified atom stereocenters. The maximum atomic E-state index is 12.2. The summed E-state index contributed by atoms with van der Waals surface area (Å²) in [5.41, 5.74) is 2.54. The number of benzene rings is 1. The van der Waals surface area contributed by atoms with Crippen LogP contribution in [-0.4, -0.2) is 11.0 Å². The minimum Gasteiger partial charge on any atom is -0.300 e. The lowest BCUT2D eigenvalue weighted by Gasteiger charge is -2.29. The minimum atomic E-state index is 0.280. The number of carbonyl (C=O) groups excluding carboxylic acids is 1. The van der Waals surface area contributed by atoms with E-state index in [0.717, 1.165) is 0 Å². The zero-order valence-electron chi connectivity index (χ0n) is 14.9. The first-order chi connectivity index (χ1) is 11.6. The number of carbonyl (C=O) groups is 1. The molecule has 1 fully saturated rings. The van der Waals surface area contributed by atoms with Crippen LogP contribution < -0.4 is 0 Å². The summed E-state index contributed by atoms with van der Waals surface area (Å²) in [6, 6.07) is 10.4. The van der Waals surface area contributed by atoms with Gasteiger partial charge in [-0.2, -0.15) is 0 Å². The summed E-state index contributed by atoms with van der Waals surface area (Å²) in [6.45, 7) is 6.43. The molecule has 1 aromatic rings. The van der Waals surface area contributed by atoms with Gasteiger partial charge in [-0.15, -0.1) is 11.8 Å². The van der Waals surface area contributed by atoms with Gasteiger partial charge in [-0.3, -0.25) is 4.79 Å². The van der Waals surface area contributed by atoms with Crippen molar-refractivity contribution in [2.24, 2.45) is 5.92 Å². The Morgan fingerprint density at radius 2 is 1.71 bits per heavy atom. The van der Waals surface area contributed by atoms with Crippen molar-refractivity contribution in [2.75, 3.05) is 0 Å². The van der Waals surface area contributed by atoms with Crippen molar-refractivity contribution in [3.63, 3.8) is 0 Å². The van der Waals surface area contributed by atoms with Crippen molar-refractivity contribution in [2.45, 2.75) is 50.5 Å². The molecule has 1 aromatic carbocycles. The lowest BCUT2D eigenvalue weighted by molar-refractivity contribution is -0.119. The van der Waals surface area contributed by atoms with Crippen LogP contribution in [0, 0.1) is 5.92 Å². The summed E-state index contributed by atoms with van der Waals surface area (Å²) < 4.78 is 0. The molecule has 0 spiro atoms. The Labute approximate surface area is 150 Å². The topological polar surface area (TPSA) is 17.1 Å². The Bertz CT molecular complexity index is 612. The van der Waals surface area contributed by atoms with E-state index < -0.39 is 0 Å². The van der Waals surface area contributed by atoms with Crippen LogP contribution in [0.4, 0.5) is 0 Å². The highest BCUT2D eigenvalue weighted by atomic mass is 32.2. The van der Waals surface area contributed by atoms with Gasteiger partial charge in [0.05, 0.1) is 0 Å². The molecule has 1 aliphatic carbocycles. The maximum absolute atomic E-state index is 12.2. The normalized spacial score (nSPS) is 26.2. The average Bonchev–Trinajstić information content (AvgIpc) is 2.80. The van der Waals surface area contributed by atoms with E-state index in [1.54, 1.807) is 0 Å². The summed E-state index contributed by atoms with van der Waals surface area (Å²) in [5, 5.41) is 0.569. The molecule has 1 aliphatic heterocycles. The lowest BCUT2D eigenvalue weighted by atomic mass is 10.00. The molecule has 24 heavy (non-hydrogen) atoms. The predicted molar refractivity (Wildman–Crippen MR) is 106 cm³/mol. The maximum Gasteiger partial charge on any atom is 0.135 e. The van der Waals surface area contributed by atoms with Crippen LogP contribution in [-0.2, 0) is 4.79 Å². The number of Topliss-reactive ketones (excluding diaryl/α,β-unsaturated/α-hetero) is 1. The van der Waals surface area contributed by atoms with E-state index >= 15 is 0 Å². The number of allylic oxidation sites excluding steroid dienone is 5. The first kappa shape index (κ1) is 18.8. The van der Waals surface area contributed by atoms with Gasteiger partial charge in [-0.05, 0) is 17.1 Å². The zero-order valence-corrected chi connectivity index (χ0v) is 15.8. The molecule has 2 heteroatoms. The third-order valence-corrected chi connectivity index (χ3v) is 5.53. The van der Waals surface area contributed by atoms with Gasteiger partial charge in [0.25, 0.3) is 0 Å². The second-order valence-corrected chi connectivity index (χ2v) is 7.86. The standard InChI is InChI=1S/C19H20OS.C3H8/c1-14-6-5-9-16(11-10-14)19-13-17(20)12-18(21-19)15-7-3-2-4-8-15;1-3-2/h2-11,14,18-19H,12-13H2,1H3;3H2,1-2H3. The minimum absolute atomic E-state index is 0.280. The fourth-order valence-electron chi connectivity index (χ4n) is 2.79. The second kappa shape index (κ2) is 9.68. The molecule has 0 saturated carbocycles. The van der Waals surface area contributed by atoms with Crippen LogP contribution in [0.3, 0.4) is 0 Å². The van der Waals surface area contributed by atoms with Crippen molar-refractivity contribution in [1.29, 1.82) is 0 Å². The molecule has 3 atom stereocenters. The molecule has 0 aromatic heterocycles. The first-order valence-electron chi connectivity index (χ1n) is 8.92. The van der Waals surface area contributed by atoms with Gasteiger partial charge in [0, 0.05) is 23.3 Å². The Morgan fingerprint density at radius 1 is 1.04 bits per heavy atom. The van der Waals surface area contributed by atoms with E-state index in [2.05, 4.69) is 75.4 Å². The SMILES string of the molecule is CC1C=CC=C(C2CC(=O)CC(c3ccccc3)S2)C=C1.CCC. The molecule has 1 saturated heterocycles. The molecular weight excluding hydrogens is 312 g/mol. The van der Waals surface area contributed by atoms with Gasteiger partial charge in [0.2, 0.25) is 0 Å². The molecule has 1 nitrogen and oxygen atoms in total. The van der Waals surface area contributed by atoms with Crippen molar-refractivity contribution in [3.8, 4) is 0 Å².